The number of aromatic nitrogens is 4. The first-order valence-electron chi connectivity index (χ1n) is 4.28. The van der Waals surface area contributed by atoms with Crippen LogP contribution in [0.25, 0.3) is 0 Å². The van der Waals surface area contributed by atoms with Gasteiger partial charge in [0.05, 0.1) is 6.20 Å². The molecule has 0 saturated carbocycles. The molecule has 0 aliphatic rings. The van der Waals surface area contributed by atoms with Crippen LogP contribution in [0.4, 0.5) is 0 Å². The van der Waals surface area contributed by atoms with Gasteiger partial charge in [-0.05, 0) is 12.1 Å². The third-order valence-electron chi connectivity index (χ3n) is 1.67. The molecule has 0 spiro atoms. The minimum absolute atomic E-state index is 0.0371. The Morgan fingerprint density at radius 2 is 2.33 bits per heavy atom. The third kappa shape index (κ3) is 2.37. The molecule has 15 heavy (non-hydrogen) atoms. The van der Waals surface area contributed by atoms with Crippen molar-refractivity contribution in [2.45, 2.75) is 6.73 Å². The molecule has 0 fully saturated rings. The molecule has 6 heteroatoms. The van der Waals surface area contributed by atoms with Gasteiger partial charge in [-0.25, -0.2) is 14.5 Å². The molecule has 0 N–H and O–H groups in total. The lowest BCUT2D eigenvalue weighted by molar-refractivity contribution is 0.0339. The van der Waals surface area contributed by atoms with Crippen LogP contribution in [0.1, 0.15) is 10.5 Å². The van der Waals surface area contributed by atoms with Gasteiger partial charge in [-0.1, -0.05) is 11.3 Å². The molecule has 0 amide bonds. The van der Waals surface area contributed by atoms with E-state index in [4.69, 9.17) is 4.74 Å². The highest BCUT2D eigenvalue weighted by molar-refractivity contribution is 5.86. The normalized spacial score (nSPS) is 9.87. The molecule has 0 atom stereocenters. The van der Waals surface area contributed by atoms with Crippen molar-refractivity contribution < 1.29 is 9.53 Å². The second kappa shape index (κ2) is 4.32. The summed E-state index contributed by atoms with van der Waals surface area (Å²) in [7, 11) is 0. The maximum atomic E-state index is 11.4. The van der Waals surface area contributed by atoms with E-state index in [-0.39, 0.29) is 12.4 Å². The van der Waals surface area contributed by atoms with Crippen LogP contribution >= 0.6 is 0 Å². The highest BCUT2D eigenvalue weighted by atomic mass is 16.5. The van der Waals surface area contributed by atoms with Crippen LogP contribution in [0.3, 0.4) is 0 Å². The van der Waals surface area contributed by atoms with E-state index in [0.29, 0.717) is 0 Å². The average Bonchev–Trinajstić information content (AvgIpc) is 2.80. The van der Waals surface area contributed by atoms with E-state index in [1.807, 2.05) is 0 Å². The maximum absolute atomic E-state index is 11.4. The molecule has 76 valence electrons. The first kappa shape index (κ1) is 9.32. The van der Waals surface area contributed by atoms with Gasteiger partial charge in [-0.2, -0.15) is 0 Å². The smallest absolute Gasteiger partial charge is 0.358 e. The number of ether oxygens (including phenoxy) is 1. The fourth-order valence-electron chi connectivity index (χ4n) is 0.984. The molecule has 0 saturated heterocycles. The number of hydrogen-bond donors (Lipinski definition) is 0. The number of pyridine rings is 1. The Labute approximate surface area is 85.5 Å². The van der Waals surface area contributed by atoms with Crippen LogP contribution in [-0.2, 0) is 11.5 Å². The summed E-state index contributed by atoms with van der Waals surface area (Å²) in [5, 5.41) is 7.23. The Balaban J connectivity index is 1.94. The highest BCUT2D eigenvalue weighted by Gasteiger charge is 2.07. The van der Waals surface area contributed by atoms with E-state index < -0.39 is 5.97 Å². The fourth-order valence-corrected chi connectivity index (χ4v) is 0.984. The number of carbonyl (C=O) groups excluding carboxylic acids is 1. The summed E-state index contributed by atoms with van der Waals surface area (Å²) in [4.78, 5) is 15.3. The molecule has 2 aromatic heterocycles. The van der Waals surface area contributed by atoms with Crippen molar-refractivity contribution in [3.8, 4) is 0 Å². The zero-order valence-corrected chi connectivity index (χ0v) is 7.78. The van der Waals surface area contributed by atoms with Gasteiger partial charge in [0, 0.05) is 12.4 Å². The van der Waals surface area contributed by atoms with Gasteiger partial charge in [0.2, 0.25) is 0 Å². The van der Waals surface area contributed by atoms with Crippen LogP contribution in [0, 0.1) is 0 Å². The molecule has 0 unspecified atom stereocenters. The number of hydrogen-bond acceptors (Lipinski definition) is 5. The maximum Gasteiger partial charge on any atom is 0.358 e. The molecule has 6 nitrogen and oxygen atoms in total. The monoisotopic (exact) mass is 204 g/mol. The highest BCUT2D eigenvalue weighted by Crippen LogP contribution is 1.97. The van der Waals surface area contributed by atoms with Crippen molar-refractivity contribution >= 4 is 5.97 Å². The van der Waals surface area contributed by atoms with E-state index in [0.717, 1.165) is 0 Å². The number of carbonyl (C=O) groups is 1. The van der Waals surface area contributed by atoms with Crippen LogP contribution in [-0.4, -0.2) is 25.9 Å². The minimum atomic E-state index is -0.480. The van der Waals surface area contributed by atoms with Gasteiger partial charge in [0.1, 0.15) is 5.69 Å². The predicted octanol–water partition coefficient (Wildman–Crippen LogP) is 0.488. The van der Waals surface area contributed by atoms with Crippen molar-refractivity contribution in [1.29, 1.82) is 0 Å². The standard InChI is InChI=1S/C9H8N4O2/c14-9(8-3-1-2-4-10-8)15-7-13-6-5-11-12-13/h1-6H,7H2. The number of rotatable bonds is 3. The Morgan fingerprint density at radius 1 is 1.40 bits per heavy atom. The largest absolute Gasteiger partial charge is 0.438 e. The lowest BCUT2D eigenvalue weighted by atomic mass is 10.4. The second-order valence-electron chi connectivity index (χ2n) is 2.72. The van der Waals surface area contributed by atoms with E-state index in [9.17, 15) is 4.79 Å². The van der Waals surface area contributed by atoms with Crippen molar-refractivity contribution in [2.24, 2.45) is 0 Å². The van der Waals surface area contributed by atoms with Crippen LogP contribution in [0.2, 0.25) is 0 Å². The molecule has 0 aliphatic heterocycles. The topological polar surface area (TPSA) is 69.9 Å². The molecule has 2 heterocycles. The lowest BCUT2D eigenvalue weighted by Crippen LogP contribution is -2.11. The van der Waals surface area contributed by atoms with Gasteiger partial charge >= 0.3 is 5.97 Å². The average molecular weight is 204 g/mol. The van der Waals surface area contributed by atoms with Crippen LogP contribution < -0.4 is 0 Å². The Hall–Kier alpha value is -2.24. The van der Waals surface area contributed by atoms with Crippen LogP contribution in [0.5, 0.6) is 0 Å². The summed E-state index contributed by atoms with van der Waals surface area (Å²) in [5.74, 6) is -0.480. The fraction of sp³-hybridized carbons (Fsp3) is 0.111. The zero-order chi connectivity index (χ0) is 10.5. The summed E-state index contributed by atoms with van der Waals surface area (Å²) >= 11 is 0. The number of esters is 1. The summed E-state index contributed by atoms with van der Waals surface area (Å²) in [6, 6.07) is 5.04. The van der Waals surface area contributed by atoms with Crippen LogP contribution in [0.15, 0.2) is 36.8 Å². The van der Waals surface area contributed by atoms with E-state index in [1.165, 1.54) is 17.1 Å². The van der Waals surface area contributed by atoms with Crippen molar-refractivity contribution in [3.05, 3.63) is 42.5 Å². The van der Waals surface area contributed by atoms with Gasteiger partial charge in [0.25, 0.3) is 0 Å². The molecule has 0 aromatic carbocycles. The molecule has 2 aromatic rings. The van der Waals surface area contributed by atoms with E-state index in [1.54, 1.807) is 24.4 Å². The van der Waals surface area contributed by atoms with Gasteiger partial charge in [0.15, 0.2) is 6.73 Å². The van der Waals surface area contributed by atoms with Gasteiger partial charge < -0.3 is 4.74 Å². The summed E-state index contributed by atoms with van der Waals surface area (Å²) < 4.78 is 6.34. The third-order valence-corrected chi connectivity index (χ3v) is 1.67. The minimum Gasteiger partial charge on any atom is -0.438 e. The number of nitrogens with zero attached hydrogens (tertiary/aromatic N) is 4. The molecule has 0 radical (unpaired) electrons. The molecule has 2 rings (SSSR count). The SMILES string of the molecule is O=C(OCn1ccnn1)c1ccccn1. The quantitative estimate of drug-likeness (QED) is 0.680. The first-order valence-corrected chi connectivity index (χ1v) is 4.28. The Bertz CT molecular complexity index is 427. The molecule has 0 aliphatic carbocycles. The van der Waals surface area contributed by atoms with Crippen molar-refractivity contribution in [1.82, 2.24) is 20.0 Å². The summed E-state index contributed by atoms with van der Waals surface area (Å²) in [6.45, 7) is 0.0371. The summed E-state index contributed by atoms with van der Waals surface area (Å²) in [6.07, 6.45) is 4.65. The van der Waals surface area contributed by atoms with E-state index in [2.05, 4.69) is 15.3 Å². The summed E-state index contributed by atoms with van der Waals surface area (Å²) in [5.41, 5.74) is 0.276. The predicted molar refractivity (Wildman–Crippen MR) is 49.7 cm³/mol. The van der Waals surface area contributed by atoms with Gasteiger partial charge in [-0.15, -0.1) is 5.10 Å². The van der Waals surface area contributed by atoms with Crippen molar-refractivity contribution in [3.63, 3.8) is 0 Å². The van der Waals surface area contributed by atoms with Crippen molar-refractivity contribution in [2.75, 3.05) is 0 Å². The lowest BCUT2D eigenvalue weighted by Gasteiger charge is -2.02. The molecular formula is C9H8N4O2. The Morgan fingerprint density at radius 3 is 3.00 bits per heavy atom. The zero-order valence-electron chi connectivity index (χ0n) is 7.78. The Kier molecular flexibility index (Phi) is 2.68. The van der Waals surface area contributed by atoms with Gasteiger partial charge in [-0.3, -0.25) is 0 Å². The first-order chi connectivity index (χ1) is 7.36. The molecule has 0 bridgehead atoms. The molecular weight excluding hydrogens is 196 g/mol. The van der Waals surface area contributed by atoms with E-state index >= 15 is 0 Å². The second-order valence-corrected chi connectivity index (χ2v) is 2.72.